The summed E-state index contributed by atoms with van der Waals surface area (Å²) in [5.74, 6) is -1.45. The van der Waals surface area contributed by atoms with Gasteiger partial charge in [-0.15, -0.1) is 11.2 Å². The van der Waals surface area contributed by atoms with Gasteiger partial charge in [0.1, 0.15) is 6.29 Å². The molecule has 20 nitrogen and oxygen atoms in total. The predicted octanol–water partition coefficient (Wildman–Crippen LogP) is 14.6. The molecule has 0 heterocycles. The van der Waals surface area contributed by atoms with Crippen LogP contribution in [-0.2, 0) is 57.1 Å². The molecule has 0 saturated carbocycles. The van der Waals surface area contributed by atoms with Crippen LogP contribution in [0.3, 0.4) is 0 Å². The molecule has 105 heavy (non-hydrogen) atoms. The van der Waals surface area contributed by atoms with E-state index < -0.39 is 43.6 Å². The van der Waals surface area contributed by atoms with E-state index in [2.05, 4.69) is 101 Å². The number of carbonyl (C=O) groups excluding carboxylic acids is 4. The number of alkyl halides is 4. The molecular formula is C74H177B2F5K2O20S2. The molecule has 0 atom stereocenters. The SMILES string of the molecule is CB(O)O.CB(O)O.CC.CC.CC.CC.CC.CC.CC.CC(=O)O.CC(C)(C)[O-].CC(C)(C)[O-].CC=CC.CC=CCCC.CC=O.CCC.CCCC(=O)OC.CCCC(=S)OC.CCCC(F)(F)OC.CCCCC.CO.COC(C)(F)F.COC(C)=O.COC(C)=O.COC(C)=S.F.[K+].[K+]. The van der Waals surface area contributed by atoms with Crippen LogP contribution in [0.4, 0.5) is 22.3 Å². The van der Waals surface area contributed by atoms with Crippen LogP contribution in [0.25, 0.3) is 0 Å². The molecule has 0 aromatic rings. The number of aldehydes is 1. The van der Waals surface area contributed by atoms with Crippen molar-refractivity contribution in [2.24, 2.45) is 0 Å². The third kappa shape index (κ3) is 1070. The van der Waals surface area contributed by atoms with Crippen LogP contribution >= 0.6 is 24.4 Å². The zero-order valence-corrected chi connectivity index (χ0v) is 85.5. The van der Waals surface area contributed by atoms with Crippen LogP contribution < -0.4 is 113 Å². The van der Waals surface area contributed by atoms with Gasteiger partial charge >= 0.3 is 147 Å². The summed E-state index contributed by atoms with van der Waals surface area (Å²) in [7, 11) is 7.90. The molecule has 6 N–H and O–H groups in total. The fourth-order valence-electron chi connectivity index (χ4n) is 1.69. The van der Waals surface area contributed by atoms with Crippen molar-refractivity contribution in [1.82, 2.24) is 0 Å². The van der Waals surface area contributed by atoms with E-state index in [0.29, 0.717) is 29.9 Å². The normalized spacial score (nSPS) is 7.68. The van der Waals surface area contributed by atoms with Crippen LogP contribution in [0.2, 0.25) is 13.6 Å². The number of hydrogen-bond donors (Lipinski definition) is 6. The van der Waals surface area contributed by atoms with E-state index in [1.54, 1.807) is 69.6 Å². The second-order valence-electron chi connectivity index (χ2n) is 17.7. The van der Waals surface area contributed by atoms with Crippen LogP contribution in [0, 0.1) is 0 Å². The number of ether oxygens (including phenoxy) is 7. The zero-order valence-electron chi connectivity index (χ0n) is 77.7. The summed E-state index contributed by atoms with van der Waals surface area (Å²) in [5.41, 5.74) is -1.50. The molecular weight excluding hydrogens is 1470 g/mol. The van der Waals surface area contributed by atoms with Crippen molar-refractivity contribution in [2.75, 3.05) is 56.9 Å². The second-order valence-corrected chi connectivity index (χ2v) is 18.7. The molecule has 0 aromatic carbocycles. The van der Waals surface area contributed by atoms with Gasteiger partial charge in [0.2, 0.25) is 0 Å². The standard InChI is InChI=1S/C6H12.C5H10F2O.C5H10O2.C5H10OS.C5H12.2C4H9O.C4H8.C3H6F2O.2C3H6O2.C3H6OS.C3H8.C2H4O2.C2H4O.7C2H6.2CH5BO2.CH4O.FH.2K/c1-3-5-6-4-2;1-3-4-5(6,7)8-2;1-3-4-5(6)7-2;1-3-4-5(7)6-2;1-3-5-4-2;2*1-4(2,3)5;1-3-4-2;1-3(4,5)6-2;2*1-3(4)5-2;1-3(5)4-2;1-3-2;1-2(3)4;1-2-3;7*1-2;2*1-2(3)4;1-2;;;/h3,5H,4,6H2,1-2H3;3-4H2,1-2H3;2*3-4H2,1-2H3;3-5H2,1-2H3;2*1-3H3;3-4H,1-2H3;1-2H3;3*1-2H3;3H2,1-2H3;1H3,(H,3,4);2H,1H3;7*1-2H3;2*3-4H,1H3;2H,1H3;1H;;/q;;;;;2*-1;;;;;;;;;;;;;;;;;;;;2*+1. The number of aliphatic carboxylic acids is 1. The first-order valence-electron chi connectivity index (χ1n) is 35.4. The molecule has 0 radical (unpaired) electrons. The third-order valence-corrected chi connectivity index (χ3v) is 5.69. The Hall–Kier alpha value is -0.497. The van der Waals surface area contributed by atoms with Crippen molar-refractivity contribution < 1.29 is 223 Å². The molecule has 648 valence electrons. The third-order valence-electron chi connectivity index (χ3n) is 5.16. The van der Waals surface area contributed by atoms with Gasteiger partial charge in [0, 0.05) is 75.2 Å². The molecule has 0 amide bonds. The first kappa shape index (κ1) is 191. The topological polar surface area (TPSA) is 317 Å². The number of methoxy groups -OCH3 is 7. The van der Waals surface area contributed by atoms with Crippen molar-refractivity contribution in [3.8, 4) is 0 Å². The van der Waals surface area contributed by atoms with Gasteiger partial charge in [0.25, 0.3) is 5.97 Å². The van der Waals surface area contributed by atoms with E-state index >= 15 is 0 Å². The minimum Gasteiger partial charge on any atom is -0.850 e. The average Bonchev–Trinajstić information content (AvgIpc) is 1.08. The van der Waals surface area contributed by atoms with E-state index in [9.17, 15) is 42.2 Å². The Morgan fingerprint density at radius 3 is 0.705 bits per heavy atom. The monoisotopic (exact) mass is 1650 g/mol. The van der Waals surface area contributed by atoms with Crippen LogP contribution in [0.5, 0.6) is 0 Å². The molecule has 0 aromatic heterocycles. The number of thiocarbonyl (C=S) groups is 2. The number of carbonyl (C=O) groups is 5. The van der Waals surface area contributed by atoms with Gasteiger partial charge in [0.15, 0.2) is 10.1 Å². The summed E-state index contributed by atoms with van der Waals surface area (Å²) in [4.78, 5) is 47.2. The Morgan fingerprint density at radius 1 is 0.467 bits per heavy atom. The second kappa shape index (κ2) is 213. The molecule has 0 unspecified atom stereocenters. The summed E-state index contributed by atoms with van der Waals surface area (Å²) in [5, 5.41) is 66.4. The van der Waals surface area contributed by atoms with Gasteiger partial charge in [-0.1, -0.05) is 250 Å². The van der Waals surface area contributed by atoms with Gasteiger partial charge in [0.05, 0.1) is 35.5 Å². The van der Waals surface area contributed by atoms with Crippen molar-refractivity contribution in [3.05, 3.63) is 24.3 Å². The van der Waals surface area contributed by atoms with Gasteiger partial charge in [-0.05, 0) is 91.5 Å². The molecule has 0 saturated heterocycles. The molecule has 0 aliphatic heterocycles. The number of rotatable bonds is 12. The Balaban J connectivity index is -0.0000000228. The molecule has 0 bridgehead atoms. The minimum absolute atomic E-state index is 0. The van der Waals surface area contributed by atoms with Gasteiger partial charge < -0.3 is 78.5 Å². The van der Waals surface area contributed by atoms with Crippen LogP contribution in [-0.4, -0.2) is 165 Å². The smallest absolute Gasteiger partial charge is 0.850 e. The molecule has 0 aliphatic rings. The van der Waals surface area contributed by atoms with E-state index in [0.717, 1.165) is 53.8 Å². The van der Waals surface area contributed by atoms with E-state index in [1.807, 2.05) is 130 Å². The average molecular weight is 1650 g/mol. The maximum atomic E-state index is 11.9. The number of halogens is 5. The number of carboxylic acids is 1. The van der Waals surface area contributed by atoms with Gasteiger partial charge in [-0.2, -0.15) is 17.6 Å². The summed E-state index contributed by atoms with van der Waals surface area (Å²) in [6.07, 6.45) is 14.6. The van der Waals surface area contributed by atoms with Crippen LogP contribution in [0.1, 0.15) is 333 Å². The fraction of sp³-hybridized carbons (Fsp3) is 0.851. The Bertz CT molecular complexity index is 1270. The molecule has 0 rings (SSSR count). The first-order chi connectivity index (χ1) is 46.9. The molecule has 0 aliphatic carbocycles. The van der Waals surface area contributed by atoms with Gasteiger partial charge in [-0.25, -0.2) is 0 Å². The number of hydrogen-bond acceptors (Lipinski definition) is 21. The summed E-state index contributed by atoms with van der Waals surface area (Å²) in [6, 6.07) is 0. The van der Waals surface area contributed by atoms with E-state index in [-0.39, 0.29) is 132 Å². The summed E-state index contributed by atoms with van der Waals surface area (Å²) < 4.78 is 75.5. The van der Waals surface area contributed by atoms with Crippen molar-refractivity contribution in [1.29, 1.82) is 0 Å². The maximum absolute atomic E-state index is 11.9. The number of aliphatic hydroxyl groups excluding tert-OH is 1. The zero-order chi connectivity index (χ0) is 89.6. The van der Waals surface area contributed by atoms with Crippen molar-refractivity contribution in [2.45, 2.75) is 370 Å². The molecule has 31 heteroatoms. The number of allylic oxidation sites excluding steroid dienone is 4. The first-order valence-corrected chi connectivity index (χ1v) is 36.2. The van der Waals surface area contributed by atoms with E-state index in [1.165, 1.54) is 94.3 Å². The fourth-order valence-corrected chi connectivity index (χ4v) is 1.90. The predicted molar refractivity (Wildman–Crippen MR) is 445 cm³/mol. The maximum Gasteiger partial charge on any atom is 1.00 e. The molecule has 0 fully saturated rings. The van der Waals surface area contributed by atoms with Crippen molar-refractivity contribution >= 4 is 78.9 Å². The minimum atomic E-state index is -2.96. The quantitative estimate of drug-likeness (QED) is 0.0201. The van der Waals surface area contributed by atoms with E-state index in [4.69, 9.17) is 56.9 Å². The number of unbranched alkanes of at least 4 members (excludes halogenated alkanes) is 3. The summed E-state index contributed by atoms with van der Waals surface area (Å²) >= 11 is 9.21. The Kier molecular flexibility index (Phi) is 387. The van der Waals surface area contributed by atoms with Crippen molar-refractivity contribution in [3.63, 3.8) is 0 Å². The number of aliphatic hydroxyl groups is 1. The van der Waals surface area contributed by atoms with Gasteiger partial charge in [-0.3, -0.25) is 23.9 Å². The van der Waals surface area contributed by atoms with Crippen LogP contribution in [0.15, 0.2) is 24.3 Å². The largest absolute Gasteiger partial charge is 1.00 e. The number of esters is 3. The number of carboxylic acid groups (broad SMARTS) is 1. The Morgan fingerprint density at radius 2 is 0.667 bits per heavy atom. The molecule has 0 spiro atoms. The summed E-state index contributed by atoms with van der Waals surface area (Å²) in [6.45, 7) is 70.6. The Labute approximate surface area is 745 Å².